The molecule has 2 aromatic carbocycles. The number of aryl methyl sites for hydroxylation is 2. The maximum Gasteiger partial charge on any atom is 0.312 e. The number of nitrogens with one attached hydrogen (secondary N) is 2. The Bertz CT molecular complexity index is 883. The second-order valence-corrected chi connectivity index (χ2v) is 6.48. The maximum atomic E-state index is 11.8. The molecule has 0 fully saturated rings. The van der Waals surface area contributed by atoms with Crippen molar-refractivity contribution in [3.63, 3.8) is 0 Å². The van der Waals surface area contributed by atoms with Crippen molar-refractivity contribution in [3.8, 4) is 5.75 Å². The second kappa shape index (κ2) is 8.43. The van der Waals surface area contributed by atoms with Crippen molar-refractivity contribution in [1.29, 1.82) is 0 Å². The highest BCUT2D eigenvalue weighted by Crippen LogP contribution is 2.32. The number of nitro groups is 1. The van der Waals surface area contributed by atoms with Gasteiger partial charge in [0.25, 0.3) is 5.91 Å². The number of phenols is 1. The van der Waals surface area contributed by atoms with Gasteiger partial charge in [-0.1, -0.05) is 22.0 Å². The van der Waals surface area contributed by atoms with Crippen LogP contribution in [0.2, 0.25) is 0 Å². The zero-order valence-corrected chi connectivity index (χ0v) is 15.7. The number of hydrazone groups is 1. The molecular formula is C17H17BrN4O4. The molecule has 0 spiro atoms. The first-order chi connectivity index (χ1) is 12.3. The Labute approximate surface area is 158 Å². The Balaban J connectivity index is 1.96. The Hall–Kier alpha value is -2.94. The van der Waals surface area contributed by atoms with Gasteiger partial charge in [0.05, 0.1) is 17.7 Å². The molecule has 0 aliphatic heterocycles. The van der Waals surface area contributed by atoms with Gasteiger partial charge in [0, 0.05) is 21.8 Å². The van der Waals surface area contributed by atoms with Crippen molar-refractivity contribution in [1.82, 2.24) is 5.43 Å². The lowest BCUT2D eigenvalue weighted by Gasteiger charge is -2.07. The number of hydrogen-bond acceptors (Lipinski definition) is 6. The molecule has 0 bridgehead atoms. The first-order valence-electron chi connectivity index (χ1n) is 7.58. The van der Waals surface area contributed by atoms with Gasteiger partial charge in [-0.05, 0) is 43.2 Å². The summed E-state index contributed by atoms with van der Waals surface area (Å²) in [5.41, 5.74) is 5.03. The van der Waals surface area contributed by atoms with Crippen molar-refractivity contribution in [3.05, 3.63) is 61.6 Å². The van der Waals surface area contributed by atoms with Gasteiger partial charge in [-0.3, -0.25) is 14.9 Å². The van der Waals surface area contributed by atoms with Gasteiger partial charge in [-0.25, -0.2) is 5.43 Å². The maximum absolute atomic E-state index is 11.8. The zero-order chi connectivity index (χ0) is 19.3. The quantitative estimate of drug-likeness (QED) is 0.376. The van der Waals surface area contributed by atoms with Crippen LogP contribution in [-0.4, -0.2) is 28.7 Å². The molecule has 0 saturated carbocycles. The molecule has 136 valence electrons. The Morgan fingerprint density at radius 3 is 2.69 bits per heavy atom. The van der Waals surface area contributed by atoms with Crippen molar-refractivity contribution in [2.24, 2.45) is 5.10 Å². The molecule has 0 atom stereocenters. The lowest BCUT2D eigenvalue weighted by molar-refractivity contribution is -0.385. The third-order valence-electron chi connectivity index (χ3n) is 3.63. The molecule has 26 heavy (non-hydrogen) atoms. The lowest BCUT2D eigenvalue weighted by atomic mass is 10.1. The van der Waals surface area contributed by atoms with Crippen LogP contribution in [-0.2, 0) is 4.79 Å². The highest BCUT2D eigenvalue weighted by Gasteiger charge is 2.17. The molecule has 0 unspecified atom stereocenters. The number of nitrogens with zero attached hydrogens (tertiary/aromatic N) is 2. The Morgan fingerprint density at radius 2 is 2.04 bits per heavy atom. The van der Waals surface area contributed by atoms with Crippen LogP contribution in [0.3, 0.4) is 0 Å². The van der Waals surface area contributed by atoms with Crippen LogP contribution in [0.25, 0.3) is 0 Å². The molecule has 0 aliphatic carbocycles. The molecule has 0 radical (unpaired) electrons. The Kier molecular flexibility index (Phi) is 6.29. The van der Waals surface area contributed by atoms with Crippen molar-refractivity contribution >= 4 is 39.4 Å². The molecule has 3 N–H and O–H groups in total. The van der Waals surface area contributed by atoms with E-state index in [1.165, 1.54) is 12.1 Å². The summed E-state index contributed by atoms with van der Waals surface area (Å²) in [7, 11) is 0. The first kappa shape index (κ1) is 19.4. The number of rotatable bonds is 6. The van der Waals surface area contributed by atoms with E-state index >= 15 is 0 Å². The number of anilines is 1. The van der Waals surface area contributed by atoms with Crippen LogP contribution < -0.4 is 10.7 Å². The van der Waals surface area contributed by atoms with Crippen molar-refractivity contribution in [2.45, 2.75) is 13.8 Å². The number of carbonyl (C=O) groups excluding carboxylic acids is 1. The van der Waals surface area contributed by atoms with Crippen LogP contribution in [0.4, 0.5) is 11.4 Å². The summed E-state index contributed by atoms with van der Waals surface area (Å²) in [6.45, 7) is 3.99. The van der Waals surface area contributed by atoms with Gasteiger partial charge >= 0.3 is 5.69 Å². The third-order valence-corrected chi connectivity index (χ3v) is 4.09. The standard InChI is InChI=1S/C17H17BrN4O4/c1-10-3-4-14(5-11(10)2)19-9-16(23)21-20-8-12-6-13(18)7-15(17(12)24)22(25)26/h3-8,19,24H,9H2,1-2H3,(H,21,23)/b20-8-. The van der Waals surface area contributed by atoms with E-state index in [-0.39, 0.29) is 12.1 Å². The average Bonchev–Trinajstić information content (AvgIpc) is 2.58. The van der Waals surface area contributed by atoms with Gasteiger partial charge in [0.1, 0.15) is 0 Å². The number of hydrogen-bond donors (Lipinski definition) is 3. The summed E-state index contributed by atoms with van der Waals surface area (Å²) in [4.78, 5) is 22.0. The van der Waals surface area contributed by atoms with Crippen LogP contribution in [0, 0.1) is 24.0 Å². The molecule has 0 aromatic heterocycles. The summed E-state index contributed by atoms with van der Waals surface area (Å²) >= 11 is 3.12. The van der Waals surface area contributed by atoms with E-state index in [1.807, 2.05) is 32.0 Å². The summed E-state index contributed by atoms with van der Waals surface area (Å²) in [5, 5.41) is 27.4. The molecular weight excluding hydrogens is 404 g/mol. The number of benzene rings is 2. The summed E-state index contributed by atoms with van der Waals surface area (Å²) in [6, 6.07) is 8.39. The fourth-order valence-corrected chi connectivity index (χ4v) is 2.55. The fraction of sp³-hybridized carbons (Fsp3) is 0.176. The third kappa shape index (κ3) is 5.03. The predicted octanol–water partition coefficient (Wildman–Crippen LogP) is 3.24. The highest BCUT2D eigenvalue weighted by atomic mass is 79.9. The summed E-state index contributed by atoms with van der Waals surface area (Å²) in [5.74, 6) is -0.923. The number of nitro benzene ring substituents is 1. The molecule has 2 rings (SSSR count). The first-order valence-corrected chi connectivity index (χ1v) is 8.37. The number of amides is 1. The second-order valence-electron chi connectivity index (χ2n) is 5.57. The van der Waals surface area contributed by atoms with Gasteiger partial charge in [0.2, 0.25) is 5.75 Å². The topological polar surface area (TPSA) is 117 Å². The van der Waals surface area contributed by atoms with Crippen molar-refractivity contribution in [2.75, 3.05) is 11.9 Å². The smallest absolute Gasteiger partial charge is 0.312 e. The Morgan fingerprint density at radius 1 is 1.31 bits per heavy atom. The summed E-state index contributed by atoms with van der Waals surface area (Å²) < 4.78 is 0.409. The predicted molar refractivity (Wildman–Crippen MR) is 103 cm³/mol. The molecule has 1 amide bonds. The SMILES string of the molecule is Cc1ccc(NCC(=O)N/N=C\c2cc(Br)cc([N+](=O)[O-])c2O)cc1C. The van der Waals surface area contributed by atoms with Gasteiger partial charge in [-0.2, -0.15) is 5.10 Å². The van der Waals surface area contributed by atoms with Gasteiger partial charge in [-0.15, -0.1) is 0 Å². The van der Waals surface area contributed by atoms with Crippen LogP contribution >= 0.6 is 15.9 Å². The highest BCUT2D eigenvalue weighted by molar-refractivity contribution is 9.10. The number of halogens is 1. The van der Waals surface area contributed by atoms with E-state index in [4.69, 9.17) is 0 Å². The number of phenolic OH excluding ortho intramolecular Hbond substituents is 1. The van der Waals surface area contributed by atoms with Gasteiger partial charge < -0.3 is 10.4 Å². The largest absolute Gasteiger partial charge is 0.502 e. The lowest BCUT2D eigenvalue weighted by Crippen LogP contribution is -2.25. The van der Waals surface area contributed by atoms with Crippen LogP contribution in [0.15, 0.2) is 39.9 Å². The van der Waals surface area contributed by atoms with E-state index in [0.29, 0.717) is 4.47 Å². The van der Waals surface area contributed by atoms with E-state index < -0.39 is 22.3 Å². The average molecular weight is 421 g/mol. The minimum absolute atomic E-state index is 0.00442. The molecule has 8 nitrogen and oxygen atoms in total. The minimum atomic E-state index is -0.705. The van der Waals surface area contributed by atoms with Crippen LogP contribution in [0.5, 0.6) is 5.75 Å². The molecule has 0 saturated heterocycles. The number of carbonyl (C=O) groups is 1. The minimum Gasteiger partial charge on any atom is -0.502 e. The van der Waals surface area contributed by atoms with E-state index in [9.17, 15) is 20.0 Å². The zero-order valence-electron chi connectivity index (χ0n) is 14.1. The monoisotopic (exact) mass is 420 g/mol. The fourth-order valence-electron chi connectivity index (χ4n) is 2.09. The van der Waals surface area contributed by atoms with Gasteiger partial charge in [0.15, 0.2) is 0 Å². The van der Waals surface area contributed by atoms with E-state index in [2.05, 4.69) is 31.8 Å². The van der Waals surface area contributed by atoms with E-state index in [0.717, 1.165) is 23.0 Å². The summed E-state index contributed by atoms with van der Waals surface area (Å²) in [6.07, 6.45) is 1.14. The van der Waals surface area contributed by atoms with Crippen molar-refractivity contribution < 1.29 is 14.8 Å². The molecule has 2 aromatic rings. The number of aromatic hydroxyl groups is 1. The van der Waals surface area contributed by atoms with Crippen LogP contribution in [0.1, 0.15) is 16.7 Å². The normalized spacial score (nSPS) is 10.7. The van der Waals surface area contributed by atoms with E-state index in [1.54, 1.807) is 0 Å². The molecule has 0 aliphatic rings. The molecule has 9 heteroatoms. The molecule has 0 heterocycles.